The molecule has 0 bridgehead atoms. The summed E-state index contributed by atoms with van der Waals surface area (Å²) in [6, 6.07) is 6.76. The van der Waals surface area contributed by atoms with Crippen molar-refractivity contribution in [2.75, 3.05) is 25.5 Å². The van der Waals surface area contributed by atoms with Gasteiger partial charge in [0.25, 0.3) is 0 Å². The fourth-order valence-corrected chi connectivity index (χ4v) is 2.10. The van der Waals surface area contributed by atoms with Crippen molar-refractivity contribution < 1.29 is 9.59 Å². The molecule has 1 atom stereocenters. The van der Waals surface area contributed by atoms with Gasteiger partial charge in [0.1, 0.15) is 0 Å². The molecule has 2 rings (SSSR count). The predicted molar refractivity (Wildman–Crippen MR) is 74.4 cm³/mol. The maximum atomic E-state index is 11.9. The van der Waals surface area contributed by atoms with Gasteiger partial charge in [0.15, 0.2) is 0 Å². The van der Waals surface area contributed by atoms with Gasteiger partial charge in [-0.3, -0.25) is 4.79 Å². The van der Waals surface area contributed by atoms with Crippen molar-refractivity contribution in [3.05, 3.63) is 29.3 Å². The van der Waals surface area contributed by atoms with Gasteiger partial charge in [-0.25, -0.2) is 4.79 Å². The van der Waals surface area contributed by atoms with E-state index in [0.29, 0.717) is 18.0 Å². The molecule has 1 aromatic carbocycles. The molecule has 19 heavy (non-hydrogen) atoms. The molecule has 0 spiro atoms. The average Bonchev–Trinajstić information content (AvgIpc) is 2.71. The first kappa shape index (κ1) is 13.7. The highest BCUT2D eigenvalue weighted by Gasteiger charge is 2.31. The van der Waals surface area contributed by atoms with Crippen LogP contribution in [0.3, 0.4) is 0 Å². The first-order chi connectivity index (χ1) is 8.97. The summed E-state index contributed by atoms with van der Waals surface area (Å²) in [6.45, 7) is 0.486. The summed E-state index contributed by atoms with van der Waals surface area (Å²) >= 11 is 5.82. The zero-order valence-electron chi connectivity index (χ0n) is 10.9. The zero-order valence-corrected chi connectivity index (χ0v) is 11.6. The van der Waals surface area contributed by atoms with Gasteiger partial charge < -0.3 is 15.1 Å². The standard InChI is InChI=1S/C13H16ClN3O2/c1-16(2)13(19)15-10-7-12(18)17(8-10)11-5-3-9(14)4-6-11/h3-6,10H,7-8H2,1-2H3,(H,15,19)/t10-/m0/s1. The van der Waals surface area contributed by atoms with Crippen molar-refractivity contribution in [3.8, 4) is 0 Å². The second kappa shape index (κ2) is 5.48. The SMILES string of the molecule is CN(C)C(=O)N[C@H]1CC(=O)N(c2ccc(Cl)cc2)C1. The van der Waals surface area contributed by atoms with E-state index in [9.17, 15) is 9.59 Å². The molecule has 1 fully saturated rings. The fourth-order valence-electron chi connectivity index (χ4n) is 1.98. The highest BCUT2D eigenvalue weighted by atomic mass is 35.5. The molecule has 0 unspecified atom stereocenters. The average molecular weight is 282 g/mol. The number of anilines is 1. The summed E-state index contributed by atoms with van der Waals surface area (Å²) in [4.78, 5) is 26.6. The Labute approximate surface area is 117 Å². The second-order valence-corrected chi connectivity index (χ2v) is 5.16. The largest absolute Gasteiger partial charge is 0.333 e. The third-order valence-electron chi connectivity index (χ3n) is 3.00. The minimum Gasteiger partial charge on any atom is -0.333 e. The van der Waals surface area contributed by atoms with E-state index in [-0.39, 0.29) is 18.0 Å². The Kier molecular flexibility index (Phi) is 3.95. The fraction of sp³-hybridized carbons (Fsp3) is 0.385. The van der Waals surface area contributed by atoms with Crippen molar-refractivity contribution in [2.45, 2.75) is 12.5 Å². The minimum absolute atomic E-state index is 0.00591. The number of hydrogen-bond donors (Lipinski definition) is 1. The maximum Gasteiger partial charge on any atom is 0.317 e. The van der Waals surface area contributed by atoms with Crippen LogP contribution in [0.2, 0.25) is 5.02 Å². The van der Waals surface area contributed by atoms with Crippen LogP contribution in [0.4, 0.5) is 10.5 Å². The third kappa shape index (κ3) is 3.17. The van der Waals surface area contributed by atoms with Crippen LogP contribution in [-0.2, 0) is 4.79 Å². The van der Waals surface area contributed by atoms with Gasteiger partial charge in [-0.05, 0) is 24.3 Å². The molecule has 1 N–H and O–H groups in total. The monoisotopic (exact) mass is 281 g/mol. The van der Waals surface area contributed by atoms with E-state index in [1.165, 1.54) is 4.90 Å². The van der Waals surface area contributed by atoms with Gasteiger partial charge in [0, 0.05) is 37.8 Å². The van der Waals surface area contributed by atoms with E-state index in [1.807, 2.05) is 0 Å². The number of carbonyl (C=O) groups is 2. The lowest BCUT2D eigenvalue weighted by molar-refractivity contribution is -0.117. The summed E-state index contributed by atoms with van der Waals surface area (Å²) < 4.78 is 0. The Bertz CT molecular complexity index is 487. The van der Waals surface area contributed by atoms with Gasteiger partial charge in [-0.2, -0.15) is 0 Å². The second-order valence-electron chi connectivity index (χ2n) is 4.73. The van der Waals surface area contributed by atoms with Gasteiger partial charge in [0.05, 0.1) is 6.04 Å². The first-order valence-electron chi connectivity index (χ1n) is 6.01. The number of rotatable bonds is 2. The van der Waals surface area contributed by atoms with E-state index in [0.717, 1.165) is 5.69 Å². The van der Waals surface area contributed by atoms with Gasteiger partial charge >= 0.3 is 6.03 Å². The molecule has 102 valence electrons. The normalized spacial score (nSPS) is 18.6. The quantitative estimate of drug-likeness (QED) is 0.897. The van der Waals surface area contributed by atoms with Crippen molar-refractivity contribution >= 4 is 29.2 Å². The Morgan fingerprint density at radius 3 is 2.58 bits per heavy atom. The lowest BCUT2D eigenvalue weighted by atomic mass is 10.2. The van der Waals surface area contributed by atoms with Gasteiger partial charge in [-0.15, -0.1) is 0 Å². The minimum atomic E-state index is -0.184. The third-order valence-corrected chi connectivity index (χ3v) is 3.25. The summed E-state index contributed by atoms with van der Waals surface area (Å²) in [5.74, 6) is 0.00591. The molecule has 1 saturated heterocycles. The molecular formula is C13H16ClN3O2. The van der Waals surface area contributed by atoms with E-state index in [4.69, 9.17) is 11.6 Å². The van der Waals surface area contributed by atoms with Crippen LogP contribution in [0, 0.1) is 0 Å². The zero-order chi connectivity index (χ0) is 14.0. The number of urea groups is 1. The number of benzene rings is 1. The number of carbonyl (C=O) groups excluding carboxylic acids is 2. The molecular weight excluding hydrogens is 266 g/mol. The van der Waals surface area contributed by atoms with Gasteiger partial charge in [-0.1, -0.05) is 11.6 Å². The molecule has 0 radical (unpaired) electrons. The van der Waals surface area contributed by atoms with Crippen LogP contribution in [0.15, 0.2) is 24.3 Å². The number of nitrogens with one attached hydrogen (secondary N) is 1. The Balaban J connectivity index is 2.03. The summed E-state index contributed by atoms with van der Waals surface area (Å²) in [5, 5.41) is 3.45. The molecule has 6 heteroatoms. The number of nitrogens with zero attached hydrogens (tertiary/aromatic N) is 2. The molecule has 1 aromatic rings. The van der Waals surface area contributed by atoms with Crippen molar-refractivity contribution in [1.29, 1.82) is 0 Å². The highest BCUT2D eigenvalue weighted by molar-refractivity contribution is 6.30. The lowest BCUT2D eigenvalue weighted by Crippen LogP contribution is -2.42. The van der Waals surface area contributed by atoms with Crippen LogP contribution in [0.5, 0.6) is 0 Å². The molecule has 1 aliphatic heterocycles. The Hall–Kier alpha value is -1.75. The van der Waals surface area contributed by atoms with Crippen LogP contribution in [0.25, 0.3) is 0 Å². The molecule has 0 aromatic heterocycles. The van der Waals surface area contributed by atoms with E-state index < -0.39 is 0 Å². The predicted octanol–water partition coefficient (Wildman–Crippen LogP) is 1.72. The maximum absolute atomic E-state index is 11.9. The number of amides is 3. The molecule has 1 aliphatic rings. The molecule has 5 nitrogen and oxygen atoms in total. The molecule has 3 amide bonds. The summed E-state index contributed by atoms with van der Waals surface area (Å²) in [6.07, 6.45) is 0.322. The first-order valence-corrected chi connectivity index (χ1v) is 6.39. The Morgan fingerprint density at radius 2 is 2.00 bits per heavy atom. The van der Waals surface area contributed by atoms with Gasteiger partial charge in [0.2, 0.25) is 5.91 Å². The van der Waals surface area contributed by atoms with E-state index >= 15 is 0 Å². The van der Waals surface area contributed by atoms with Crippen LogP contribution in [-0.4, -0.2) is 43.5 Å². The van der Waals surface area contributed by atoms with Crippen LogP contribution >= 0.6 is 11.6 Å². The Morgan fingerprint density at radius 1 is 1.37 bits per heavy atom. The van der Waals surface area contributed by atoms with Crippen LogP contribution in [0.1, 0.15) is 6.42 Å². The van der Waals surface area contributed by atoms with Crippen molar-refractivity contribution in [1.82, 2.24) is 10.2 Å². The summed E-state index contributed by atoms with van der Waals surface area (Å²) in [7, 11) is 3.34. The number of halogens is 1. The highest BCUT2D eigenvalue weighted by Crippen LogP contribution is 2.23. The molecule has 0 aliphatic carbocycles. The topological polar surface area (TPSA) is 52.7 Å². The summed E-state index contributed by atoms with van der Waals surface area (Å²) in [5.41, 5.74) is 0.802. The van der Waals surface area contributed by atoms with E-state index in [1.54, 1.807) is 43.3 Å². The number of hydrogen-bond acceptors (Lipinski definition) is 2. The van der Waals surface area contributed by atoms with E-state index in [2.05, 4.69) is 5.32 Å². The van der Waals surface area contributed by atoms with Crippen molar-refractivity contribution in [2.24, 2.45) is 0 Å². The van der Waals surface area contributed by atoms with Crippen molar-refractivity contribution in [3.63, 3.8) is 0 Å². The van der Waals surface area contributed by atoms with Crippen LogP contribution < -0.4 is 10.2 Å². The lowest BCUT2D eigenvalue weighted by Gasteiger charge is -2.19. The molecule has 0 saturated carbocycles. The smallest absolute Gasteiger partial charge is 0.317 e. The molecule has 1 heterocycles.